The SMILES string of the molecule is O=C(Nc1cccc(N2CCCCC2)c1)C(c1ccccc1)N1CCCC1. The van der Waals surface area contributed by atoms with Crippen LogP contribution in [0.15, 0.2) is 54.6 Å². The number of amides is 1. The number of nitrogens with one attached hydrogen (secondary N) is 1. The fourth-order valence-electron chi connectivity index (χ4n) is 4.31. The number of hydrogen-bond acceptors (Lipinski definition) is 3. The molecule has 0 aromatic heterocycles. The van der Waals surface area contributed by atoms with Gasteiger partial charge in [0, 0.05) is 24.5 Å². The topological polar surface area (TPSA) is 35.6 Å². The Balaban J connectivity index is 1.52. The van der Waals surface area contributed by atoms with Gasteiger partial charge in [0.25, 0.3) is 0 Å². The van der Waals surface area contributed by atoms with Crippen LogP contribution in [0.4, 0.5) is 11.4 Å². The van der Waals surface area contributed by atoms with Crippen LogP contribution in [0.2, 0.25) is 0 Å². The number of hydrogen-bond donors (Lipinski definition) is 1. The Labute approximate surface area is 162 Å². The second-order valence-corrected chi connectivity index (χ2v) is 7.64. The molecule has 27 heavy (non-hydrogen) atoms. The minimum absolute atomic E-state index is 0.0684. The molecule has 142 valence electrons. The van der Waals surface area contributed by atoms with Crippen molar-refractivity contribution in [2.45, 2.75) is 38.1 Å². The van der Waals surface area contributed by atoms with E-state index in [4.69, 9.17) is 0 Å². The van der Waals surface area contributed by atoms with Gasteiger partial charge in [0.15, 0.2) is 0 Å². The molecular weight excluding hydrogens is 334 g/mol. The smallest absolute Gasteiger partial charge is 0.246 e. The van der Waals surface area contributed by atoms with E-state index in [2.05, 4.69) is 39.4 Å². The van der Waals surface area contributed by atoms with Crippen LogP contribution in [0.5, 0.6) is 0 Å². The van der Waals surface area contributed by atoms with Crippen LogP contribution in [-0.4, -0.2) is 37.0 Å². The zero-order valence-corrected chi connectivity index (χ0v) is 15.9. The van der Waals surface area contributed by atoms with Gasteiger partial charge in [-0.05, 0) is 69.0 Å². The normalized spacial score (nSPS) is 19.0. The van der Waals surface area contributed by atoms with Crippen molar-refractivity contribution in [3.05, 3.63) is 60.2 Å². The number of rotatable bonds is 5. The second-order valence-electron chi connectivity index (χ2n) is 7.64. The average molecular weight is 364 g/mol. The van der Waals surface area contributed by atoms with Crippen LogP contribution >= 0.6 is 0 Å². The maximum absolute atomic E-state index is 13.2. The summed E-state index contributed by atoms with van der Waals surface area (Å²) in [7, 11) is 0. The van der Waals surface area contributed by atoms with Crippen LogP contribution in [-0.2, 0) is 4.79 Å². The lowest BCUT2D eigenvalue weighted by molar-refractivity contribution is -0.121. The zero-order valence-electron chi connectivity index (χ0n) is 15.9. The van der Waals surface area contributed by atoms with Crippen molar-refractivity contribution in [3.63, 3.8) is 0 Å². The van der Waals surface area contributed by atoms with E-state index in [1.54, 1.807) is 0 Å². The molecule has 0 spiro atoms. The molecule has 0 radical (unpaired) electrons. The van der Waals surface area contributed by atoms with Crippen molar-refractivity contribution in [1.82, 2.24) is 4.90 Å². The van der Waals surface area contributed by atoms with E-state index in [0.717, 1.165) is 37.4 Å². The largest absolute Gasteiger partial charge is 0.371 e. The Bertz CT molecular complexity index is 749. The Kier molecular flexibility index (Phi) is 5.73. The van der Waals surface area contributed by atoms with E-state index in [9.17, 15) is 4.79 Å². The van der Waals surface area contributed by atoms with E-state index >= 15 is 0 Å². The second kappa shape index (κ2) is 8.57. The van der Waals surface area contributed by atoms with Crippen LogP contribution in [0.3, 0.4) is 0 Å². The molecule has 0 aliphatic carbocycles. The van der Waals surface area contributed by atoms with E-state index in [1.807, 2.05) is 30.3 Å². The highest BCUT2D eigenvalue weighted by atomic mass is 16.2. The number of likely N-dealkylation sites (tertiary alicyclic amines) is 1. The first kappa shape index (κ1) is 18.1. The maximum atomic E-state index is 13.2. The highest BCUT2D eigenvalue weighted by Gasteiger charge is 2.29. The van der Waals surface area contributed by atoms with Gasteiger partial charge in [-0.2, -0.15) is 0 Å². The van der Waals surface area contributed by atoms with E-state index in [-0.39, 0.29) is 11.9 Å². The molecule has 1 N–H and O–H groups in total. The number of carbonyl (C=O) groups is 1. The summed E-state index contributed by atoms with van der Waals surface area (Å²) in [5.74, 6) is 0.0684. The molecule has 1 unspecified atom stereocenters. The number of piperidine rings is 1. The summed E-state index contributed by atoms with van der Waals surface area (Å²) in [5.41, 5.74) is 3.18. The number of nitrogens with zero attached hydrogens (tertiary/aromatic N) is 2. The molecule has 2 aliphatic rings. The van der Waals surface area contributed by atoms with Crippen molar-refractivity contribution in [3.8, 4) is 0 Å². The van der Waals surface area contributed by atoms with Crippen molar-refractivity contribution >= 4 is 17.3 Å². The molecule has 2 aromatic carbocycles. The summed E-state index contributed by atoms with van der Waals surface area (Å²) in [4.78, 5) is 18.0. The monoisotopic (exact) mass is 363 g/mol. The third-order valence-electron chi connectivity index (χ3n) is 5.70. The lowest BCUT2D eigenvalue weighted by Crippen LogP contribution is -2.35. The van der Waals surface area contributed by atoms with Crippen molar-refractivity contribution < 1.29 is 4.79 Å². The van der Waals surface area contributed by atoms with E-state index in [0.29, 0.717) is 0 Å². The molecule has 0 saturated carbocycles. The van der Waals surface area contributed by atoms with Crippen molar-refractivity contribution in [2.24, 2.45) is 0 Å². The lowest BCUT2D eigenvalue weighted by Gasteiger charge is -2.29. The summed E-state index contributed by atoms with van der Waals surface area (Å²) < 4.78 is 0. The standard InChI is InChI=1S/C23H29N3O/c27-23(22(26-16-7-8-17-26)19-10-3-1-4-11-19)24-20-12-9-13-21(18-20)25-14-5-2-6-15-25/h1,3-4,9-13,18,22H,2,5-8,14-17H2,(H,24,27). The summed E-state index contributed by atoms with van der Waals surface area (Å²) >= 11 is 0. The van der Waals surface area contributed by atoms with Gasteiger partial charge in [0.05, 0.1) is 0 Å². The lowest BCUT2D eigenvalue weighted by atomic mass is 10.0. The molecule has 4 nitrogen and oxygen atoms in total. The molecule has 2 fully saturated rings. The highest BCUT2D eigenvalue weighted by Crippen LogP contribution is 2.28. The molecule has 4 rings (SSSR count). The molecule has 0 bridgehead atoms. The molecule has 1 amide bonds. The Morgan fingerprint density at radius 1 is 0.815 bits per heavy atom. The van der Waals surface area contributed by atoms with Gasteiger partial charge in [-0.1, -0.05) is 36.4 Å². The van der Waals surface area contributed by atoms with Gasteiger partial charge in [0.1, 0.15) is 6.04 Å². The molecule has 2 aromatic rings. The number of anilines is 2. The van der Waals surface area contributed by atoms with Gasteiger partial charge in [-0.25, -0.2) is 0 Å². The Hall–Kier alpha value is -2.33. The Morgan fingerprint density at radius 2 is 1.52 bits per heavy atom. The first-order valence-corrected chi connectivity index (χ1v) is 10.3. The van der Waals surface area contributed by atoms with Crippen LogP contribution in [0.25, 0.3) is 0 Å². The summed E-state index contributed by atoms with van der Waals surface area (Å²) in [6, 6.07) is 18.3. The fourth-order valence-corrected chi connectivity index (χ4v) is 4.31. The zero-order chi connectivity index (χ0) is 18.5. The third-order valence-corrected chi connectivity index (χ3v) is 5.70. The third kappa shape index (κ3) is 4.33. The van der Waals surface area contributed by atoms with Crippen molar-refractivity contribution in [1.29, 1.82) is 0 Å². The Morgan fingerprint density at radius 3 is 2.26 bits per heavy atom. The van der Waals surface area contributed by atoms with E-state index in [1.165, 1.54) is 37.8 Å². The molecule has 1 atom stereocenters. The summed E-state index contributed by atoms with van der Waals surface area (Å²) in [6.45, 7) is 4.19. The predicted octanol–water partition coefficient (Wildman–Crippen LogP) is 4.45. The van der Waals surface area contributed by atoms with Crippen LogP contribution in [0.1, 0.15) is 43.7 Å². The number of carbonyl (C=O) groups excluding carboxylic acids is 1. The first-order valence-electron chi connectivity index (χ1n) is 10.3. The van der Waals surface area contributed by atoms with Gasteiger partial charge < -0.3 is 10.2 Å². The average Bonchev–Trinajstić information content (AvgIpc) is 3.24. The maximum Gasteiger partial charge on any atom is 0.246 e. The summed E-state index contributed by atoms with van der Waals surface area (Å²) in [6.07, 6.45) is 6.16. The van der Waals surface area contributed by atoms with E-state index < -0.39 is 0 Å². The van der Waals surface area contributed by atoms with Gasteiger partial charge >= 0.3 is 0 Å². The van der Waals surface area contributed by atoms with Gasteiger partial charge in [-0.15, -0.1) is 0 Å². The number of benzene rings is 2. The molecule has 2 saturated heterocycles. The van der Waals surface area contributed by atoms with Crippen molar-refractivity contribution in [2.75, 3.05) is 36.4 Å². The molecular formula is C23H29N3O. The minimum Gasteiger partial charge on any atom is -0.371 e. The highest BCUT2D eigenvalue weighted by molar-refractivity contribution is 5.96. The minimum atomic E-state index is -0.215. The summed E-state index contributed by atoms with van der Waals surface area (Å²) in [5, 5.41) is 3.19. The van der Waals surface area contributed by atoms with Gasteiger partial charge in [0.2, 0.25) is 5.91 Å². The quantitative estimate of drug-likeness (QED) is 0.852. The van der Waals surface area contributed by atoms with Crippen LogP contribution < -0.4 is 10.2 Å². The molecule has 4 heteroatoms. The fraction of sp³-hybridized carbons (Fsp3) is 0.435. The molecule has 2 heterocycles. The van der Waals surface area contributed by atoms with Crippen LogP contribution in [0, 0.1) is 0 Å². The van der Waals surface area contributed by atoms with Gasteiger partial charge in [-0.3, -0.25) is 9.69 Å². The predicted molar refractivity (Wildman–Crippen MR) is 111 cm³/mol. The molecule has 2 aliphatic heterocycles. The first-order chi connectivity index (χ1) is 13.3.